The normalized spacial score (nSPS) is 11.4. The molecule has 2 heterocycles. The molecule has 2 aromatic heterocycles. The van der Waals surface area contributed by atoms with Crippen LogP contribution in [0.2, 0.25) is 0 Å². The fourth-order valence-electron chi connectivity index (χ4n) is 6.76. The Balaban J connectivity index is 0.00000312. The number of H-pyrrole nitrogens is 1. The van der Waals surface area contributed by atoms with E-state index in [0.29, 0.717) is 5.56 Å². The van der Waals surface area contributed by atoms with Crippen molar-refractivity contribution in [1.82, 2.24) is 4.98 Å². The van der Waals surface area contributed by atoms with E-state index in [2.05, 4.69) is 126 Å². The van der Waals surface area contributed by atoms with Gasteiger partial charge in [-0.05, 0) is 79.8 Å². The summed E-state index contributed by atoms with van der Waals surface area (Å²) in [5.41, 5.74) is 7.64. The van der Waals surface area contributed by atoms with Gasteiger partial charge < -0.3 is 5.11 Å². The second-order valence-corrected chi connectivity index (χ2v) is 11.6. The average molecular weight is 582 g/mol. The summed E-state index contributed by atoms with van der Waals surface area (Å²) in [4.78, 5) is 8.75. The van der Waals surface area contributed by atoms with Gasteiger partial charge in [-0.25, -0.2) is 9.97 Å². The number of hydrogen-bond donors (Lipinski definition) is 0. The molecule has 210 valence electrons. The monoisotopic (exact) mass is 581 g/mol. The minimum Gasteiger partial charge on any atom is -0.872 e. The van der Waals surface area contributed by atoms with Gasteiger partial charge in [-0.3, -0.25) is 0 Å². The van der Waals surface area contributed by atoms with Crippen LogP contribution in [0.3, 0.4) is 0 Å². The molecule has 0 bridgehead atoms. The summed E-state index contributed by atoms with van der Waals surface area (Å²) < 4.78 is 0. The first kappa shape index (κ1) is 28.0. The van der Waals surface area contributed by atoms with E-state index in [9.17, 15) is 5.11 Å². The fourth-order valence-corrected chi connectivity index (χ4v) is 6.76. The van der Waals surface area contributed by atoms with Crippen LogP contribution in [0.5, 0.6) is 5.75 Å². The van der Waals surface area contributed by atoms with E-state index in [-0.39, 0.29) is 24.6 Å². The second-order valence-electron chi connectivity index (χ2n) is 11.6. The Labute approximate surface area is 278 Å². The van der Waals surface area contributed by atoms with E-state index in [1.807, 2.05) is 18.2 Å². The first-order valence-corrected chi connectivity index (χ1v) is 15.2. The molecule has 0 atom stereocenters. The van der Waals surface area contributed by atoms with Crippen LogP contribution in [-0.4, -0.2) is 4.98 Å². The number of rotatable bonds is 3. The molecule has 0 radical (unpaired) electrons. The average Bonchev–Trinajstić information content (AvgIpc) is 3.11. The Kier molecular flexibility index (Phi) is 6.80. The van der Waals surface area contributed by atoms with Gasteiger partial charge in [-0.1, -0.05) is 115 Å². The van der Waals surface area contributed by atoms with Crippen molar-refractivity contribution in [2.24, 2.45) is 0 Å². The van der Waals surface area contributed by atoms with Gasteiger partial charge in [0.15, 0.2) is 0 Å². The molecule has 0 aliphatic heterocycles. The molecule has 46 heavy (non-hydrogen) atoms. The number of benzene rings is 7. The molecule has 9 rings (SSSR count). The summed E-state index contributed by atoms with van der Waals surface area (Å²) >= 11 is 0. The van der Waals surface area contributed by atoms with Gasteiger partial charge in [0, 0.05) is 28.0 Å². The summed E-state index contributed by atoms with van der Waals surface area (Å²) in [6, 6.07) is 52.4. The quantitative estimate of drug-likeness (QED) is 0.171. The molecular formula is C42H26LiN2O+. The van der Waals surface area contributed by atoms with Crippen molar-refractivity contribution in [3.05, 3.63) is 152 Å². The molecule has 7 aromatic carbocycles. The van der Waals surface area contributed by atoms with Crippen LogP contribution in [0.1, 0.15) is 0 Å². The van der Waals surface area contributed by atoms with Crippen LogP contribution in [-0.2, 0) is 0 Å². The van der Waals surface area contributed by atoms with Gasteiger partial charge >= 0.3 is 18.9 Å². The van der Waals surface area contributed by atoms with Crippen LogP contribution >= 0.6 is 0 Å². The Morgan fingerprint density at radius 3 is 1.80 bits per heavy atom. The van der Waals surface area contributed by atoms with E-state index >= 15 is 0 Å². The molecule has 0 amide bonds. The molecule has 3 nitrogen and oxygen atoms in total. The van der Waals surface area contributed by atoms with Gasteiger partial charge in [0.25, 0.3) is 0 Å². The number of hydrogen-bond acceptors (Lipinski definition) is 2. The van der Waals surface area contributed by atoms with Crippen molar-refractivity contribution in [2.75, 3.05) is 0 Å². The maximum absolute atomic E-state index is 12.6. The SMILES string of the molecule is [Li+].[O-]c1ccccc1-c1ccc2ccc3ccc(-c4ccc5c6ccc(-c7ccccc7)cc6c6ccccc6c5c4)nc3c2[nH+]1. The molecular weight excluding hydrogens is 555 g/mol. The summed E-state index contributed by atoms with van der Waals surface area (Å²) in [6.45, 7) is 0. The number of para-hydroxylation sites is 1. The Morgan fingerprint density at radius 2 is 1.04 bits per heavy atom. The van der Waals surface area contributed by atoms with Gasteiger partial charge in [0.05, 0.1) is 5.69 Å². The predicted molar refractivity (Wildman–Crippen MR) is 184 cm³/mol. The zero-order valence-corrected chi connectivity index (χ0v) is 25.3. The maximum atomic E-state index is 12.6. The standard InChI is InChI=1S/C42H26N2O.Li/c45-40-13-7-6-12-35(40)39-23-19-28-15-14-27-18-22-38(43-41(27)42(28)44-39)30-17-21-34-33-20-16-29(26-8-2-1-3-9-26)24-36(33)31-10-4-5-11-32(31)37(34)25-30;/h1-25,45H;/q;+1. The predicted octanol–water partition coefficient (Wildman–Crippen LogP) is 6.74. The molecule has 0 aliphatic rings. The molecule has 0 fully saturated rings. The Morgan fingerprint density at radius 1 is 0.457 bits per heavy atom. The van der Waals surface area contributed by atoms with E-state index in [4.69, 9.17) is 4.98 Å². The first-order valence-electron chi connectivity index (χ1n) is 15.2. The number of aromatic nitrogens is 2. The van der Waals surface area contributed by atoms with Crippen LogP contribution in [0.15, 0.2) is 152 Å². The summed E-state index contributed by atoms with van der Waals surface area (Å²) in [6.07, 6.45) is 0. The molecule has 1 N–H and O–H groups in total. The zero-order valence-electron chi connectivity index (χ0n) is 25.3. The summed E-state index contributed by atoms with van der Waals surface area (Å²) in [5.74, 6) is -0.00538. The van der Waals surface area contributed by atoms with E-state index in [0.717, 1.165) is 38.8 Å². The van der Waals surface area contributed by atoms with Gasteiger partial charge in [-0.2, -0.15) is 0 Å². The molecule has 4 heteroatoms. The van der Waals surface area contributed by atoms with Gasteiger partial charge in [-0.15, -0.1) is 0 Å². The smallest absolute Gasteiger partial charge is 0.872 e. The molecule has 0 aliphatic carbocycles. The molecule has 0 saturated heterocycles. The number of aromatic amines is 1. The van der Waals surface area contributed by atoms with Crippen LogP contribution in [0, 0.1) is 0 Å². The third kappa shape index (κ3) is 4.53. The van der Waals surface area contributed by atoms with Gasteiger partial charge in [0.2, 0.25) is 11.2 Å². The Bertz CT molecular complexity index is 2590. The summed E-state index contributed by atoms with van der Waals surface area (Å²) in [7, 11) is 0. The molecule has 0 unspecified atom stereocenters. The van der Waals surface area contributed by atoms with Crippen molar-refractivity contribution in [3.8, 4) is 39.4 Å². The second kappa shape index (κ2) is 11.2. The summed E-state index contributed by atoms with van der Waals surface area (Å²) in [5, 5.41) is 22.1. The van der Waals surface area contributed by atoms with Crippen LogP contribution in [0.25, 0.3) is 87.8 Å². The number of fused-ring (bicyclic) bond motifs is 9. The van der Waals surface area contributed by atoms with Crippen LogP contribution in [0.4, 0.5) is 0 Å². The Hall–Kier alpha value is -5.46. The van der Waals surface area contributed by atoms with Gasteiger partial charge in [0.1, 0.15) is 5.52 Å². The van der Waals surface area contributed by atoms with Crippen molar-refractivity contribution < 1.29 is 29.0 Å². The van der Waals surface area contributed by atoms with E-state index < -0.39 is 0 Å². The maximum Gasteiger partial charge on any atom is 1.00 e. The van der Waals surface area contributed by atoms with Crippen molar-refractivity contribution in [2.45, 2.75) is 0 Å². The van der Waals surface area contributed by atoms with E-state index in [1.54, 1.807) is 12.1 Å². The molecule has 0 saturated carbocycles. The zero-order chi connectivity index (χ0) is 29.9. The van der Waals surface area contributed by atoms with E-state index in [1.165, 1.54) is 43.4 Å². The first-order chi connectivity index (χ1) is 22.2. The minimum absolute atomic E-state index is 0. The molecule has 0 spiro atoms. The third-order valence-electron chi connectivity index (χ3n) is 9.00. The van der Waals surface area contributed by atoms with Crippen molar-refractivity contribution >= 4 is 54.1 Å². The third-order valence-corrected chi connectivity index (χ3v) is 9.00. The van der Waals surface area contributed by atoms with Crippen molar-refractivity contribution in [3.63, 3.8) is 0 Å². The largest absolute Gasteiger partial charge is 1.00 e. The van der Waals surface area contributed by atoms with Crippen molar-refractivity contribution in [1.29, 1.82) is 0 Å². The number of nitrogens with zero attached hydrogens (tertiary/aromatic N) is 1. The minimum atomic E-state index is -0.00538. The topological polar surface area (TPSA) is 50.1 Å². The number of pyridine rings is 2. The number of nitrogens with one attached hydrogen (secondary N) is 1. The fraction of sp³-hybridized carbons (Fsp3) is 0. The molecule has 9 aromatic rings. The van der Waals surface area contributed by atoms with Crippen LogP contribution < -0.4 is 29.0 Å².